The minimum atomic E-state index is -0.449. The monoisotopic (exact) mass is 217 g/mol. The predicted octanol–water partition coefficient (Wildman–Crippen LogP) is 2.72. The third-order valence-electron chi connectivity index (χ3n) is 2.09. The molecule has 0 atom stereocenters. The number of hydrogen-bond donors (Lipinski definition) is 0. The zero-order chi connectivity index (χ0) is 11.5. The van der Waals surface area contributed by atoms with Gasteiger partial charge in [0.1, 0.15) is 11.3 Å². The van der Waals surface area contributed by atoms with Crippen LogP contribution in [-0.4, -0.2) is 11.7 Å². The van der Waals surface area contributed by atoms with Gasteiger partial charge in [-0.05, 0) is 19.1 Å². The second-order valence-corrected chi connectivity index (χ2v) is 3.41. The highest BCUT2D eigenvalue weighted by Crippen LogP contribution is 2.19. The van der Waals surface area contributed by atoms with E-state index in [1.807, 2.05) is 30.3 Å². The first kappa shape index (κ1) is 10.4. The van der Waals surface area contributed by atoms with Crippen molar-refractivity contribution in [3.05, 3.63) is 36.1 Å². The Morgan fingerprint density at radius 1 is 1.31 bits per heavy atom. The fourth-order valence-corrected chi connectivity index (χ4v) is 1.34. The largest absolute Gasteiger partial charge is 0.455 e. The highest BCUT2D eigenvalue weighted by molar-refractivity contribution is 5.99. The lowest BCUT2D eigenvalue weighted by atomic mass is 10.2. The molecule has 82 valence electrons. The van der Waals surface area contributed by atoms with Crippen LogP contribution in [0, 0.1) is 0 Å². The maximum absolute atomic E-state index is 10.6. The van der Waals surface area contributed by atoms with Gasteiger partial charge in [-0.1, -0.05) is 23.4 Å². The van der Waals surface area contributed by atoms with Gasteiger partial charge >= 0.3 is 5.97 Å². The Balaban J connectivity index is 2.33. The molecular formula is C12H11NO3. The molecule has 0 spiro atoms. The Kier molecular flexibility index (Phi) is 2.72. The standard InChI is InChI=1S/C12H11NO3/c1-8(13-16-9(2)14)12-7-10-5-3-4-6-11(10)15-12/h3-7H,1-2H3. The summed E-state index contributed by atoms with van der Waals surface area (Å²) in [5, 5.41) is 4.66. The van der Waals surface area contributed by atoms with Gasteiger partial charge in [0, 0.05) is 12.3 Å². The minimum absolute atomic E-state index is 0.449. The van der Waals surface area contributed by atoms with Gasteiger partial charge in [-0.2, -0.15) is 0 Å². The van der Waals surface area contributed by atoms with Crippen molar-refractivity contribution in [3.8, 4) is 0 Å². The molecule has 0 aliphatic heterocycles. The maximum atomic E-state index is 10.6. The van der Waals surface area contributed by atoms with E-state index in [2.05, 4.69) is 9.99 Å². The molecule has 1 aromatic heterocycles. The molecule has 16 heavy (non-hydrogen) atoms. The zero-order valence-corrected chi connectivity index (χ0v) is 9.06. The highest BCUT2D eigenvalue weighted by Gasteiger charge is 2.06. The van der Waals surface area contributed by atoms with E-state index in [0.29, 0.717) is 11.5 Å². The van der Waals surface area contributed by atoms with Gasteiger partial charge in [-0.25, -0.2) is 4.79 Å². The third-order valence-corrected chi connectivity index (χ3v) is 2.09. The van der Waals surface area contributed by atoms with Gasteiger partial charge in [0.05, 0.1) is 0 Å². The van der Waals surface area contributed by atoms with Crippen molar-refractivity contribution in [2.75, 3.05) is 0 Å². The van der Waals surface area contributed by atoms with Gasteiger partial charge in [0.2, 0.25) is 0 Å². The van der Waals surface area contributed by atoms with Crippen molar-refractivity contribution in [1.29, 1.82) is 0 Å². The van der Waals surface area contributed by atoms with E-state index in [1.165, 1.54) is 6.92 Å². The third kappa shape index (κ3) is 2.11. The summed E-state index contributed by atoms with van der Waals surface area (Å²) in [6.07, 6.45) is 0. The Bertz CT molecular complexity index is 521. The molecule has 2 aromatic rings. The fraction of sp³-hybridized carbons (Fsp3) is 0.167. The number of fused-ring (bicyclic) bond motifs is 1. The first-order chi connectivity index (χ1) is 7.66. The van der Waals surface area contributed by atoms with Gasteiger partial charge in [-0.15, -0.1) is 0 Å². The number of carbonyl (C=O) groups excluding carboxylic acids is 1. The van der Waals surface area contributed by atoms with Crippen molar-refractivity contribution >= 4 is 22.7 Å². The van der Waals surface area contributed by atoms with Crippen molar-refractivity contribution < 1.29 is 14.0 Å². The molecule has 1 heterocycles. The molecular weight excluding hydrogens is 206 g/mol. The molecule has 0 fully saturated rings. The van der Waals surface area contributed by atoms with Gasteiger partial charge in [0.15, 0.2) is 5.76 Å². The lowest BCUT2D eigenvalue weighted by Gasteiger charge is -1.93. The van der Waals surface area contributed by atoms with E-state index in [1.54, 1.807) is 6.92 Å². The number of furan rings is 1. The van der Waals surface area contributed by atoms with E-state index in [9.17, 15) is 4.79 Å². The summed E-state index contributed by atoms with van der Waals surface area (Å²) < 4.78 is 5.54. The summed E-state index contributed by atoms with van der Waals surface area (Å²) in [4.78, 5) is 15.1. The molecule has 1 aromatic carbocycles. The molecule has 0 saturated carbocycles. The van der Waals surface area contributed by atoms with Crippen LogP contribution in [0.2, 0.25) is 0 Å². The summed E-state index contributed by atoms with van der Waals surface area (Å²) in [5.41, 5.74) is 1.32. The predicted molar refractivity (Wildman–Crippen MR) is 60.2 cm³/mol. The number of hydrogen-bond acceptors (Lipinski definition) is 4. The fourth-order valence-electron chi connectivity index (χ4n) is 1.34. The van der Waals surface area contributed by atoms with Crippen molar-refractivity contribution in [3.63, 3.8) is 0 Å². The second kappa shape index (κ2) is 4.18. The number of oxime groups is 1. The Labute approximate surface area is 92.5 Å². The Hall–Kier alpha value is -2.10. The average molecular weight is 217 g/mol. The molecule has 0 radical (unpaired) electrons. The zero-order valence-electron chi connectivity index (χ0n) is 9.06. The number of carbonyl (C=O) groups is 1. The van der Waals surface area contributed by atoms with E-state index in [0.717, 1.165) is 11.0 Å². The maximum Gasteiger partial charge on any atom is 0.331 e. The van der Waals surface area contributed by atoms with Gasteiger partial charge in [-0.3, -0.25) is 0 Å². The van der Waals surface area contributed by atoms with E-state index >= 15 is 0 Å². The van der Waals surface area contributed by atoms with Crippen LogP contribution in [0.4, 0.5) is 0 Å². The number of rotatable bonds is 2. The molecule has 4 heteroatoms. The van der Waals surface area contributed by atoms with Gasteiger partial charge in [0.25, 0.3) is 0 Å². The summed E-state index contributed by atoms with van der Waals surface area (Å²) in [6, 6.07) is 9.51. The lowest BCUT2D eigenvalue weighted by molar-refractivity contribution is -0.140. The van der Waals surface area contributed by atoms with E-state index in [4.69, 9.17) is 4.42 Å². The van der Waals surface area contributed by atoms with Crippen LogP contribution in [0.25, 0.3) is 11.0 Å². The number of para-hydroxylation sites is 1. The van der Waals surface area contributed by atoms with Crippen LogP contribution in [0.1, 0.15) is 19.6 Å². The van der Waals surface area contributed by atoms with Gasteiger partial charge < -0.3 is 9.25 Å². The molecule has 0 saturated heterocycles. The molecule has 2 rings (SSSR count). The van der Waals surface area contributed by atoms with Crippen LogP contribution < -0.4 is 0 Å². The topological polar surface area (TPSA) is 51.8 Å². The summed E-state index contributed by atoms with van der Waals surface area (Å²) in [7, 11) is 0. The smallest absolute Gasteiger partial charge is 0.331 e. The molecule has 4 nitrogen and oxygen atoms in total. The highest BCUT2D eigenvalue weighted by atomic mass is 16.7. The molecule has 0 N–H and O–H groups in total. The van der Waals surface area contributed by atoms with Crippen LogP contribution in [0.5, 0.6) is 0 Å². The van der Waals surface area contributed by atoms with Crippen molar-refractivity contribution in [1.82, 2.24) is 0 Å². The Morgan fingerprint density at radius 2 is 2.06 bits per heavy atom. The lowest BCUT2D eigenvalue weighted by Crippen LogP contribution is -1.97. The quantitative estimate of drug-likeness (QED) is 0.441. The van der Waals surface area contributed by atoms with E-state index in [-0.39, 0.29) is 0 Å². The summed E-state index contributed by atoms with van der Waals surface area (Å²) in [6.45, 7) is 3.02. The molecule has 0 amide bonds. The first-order valence-corrected chi connectivity index (χ1v) is 4.88. The van der Waals surface area contributed by atoms with Crippen molar-refractivity contribution in [2.45, 2.75) is 13.8 Å². The van der Waals surface area contributed by atoms with Crippen LogP contribution >= 0.6 is 0 Å². The normalized spacial score (nSPS) is 11.8. The second-order valence-electron chi connectivity index (χ2n) is 3.41. The minimum Gasteiger partial charge on any atom is -0.455 e. The first-order valence-electron chi connectivity index (χ1n) is 4.88. The Morgan fingerprint density at radius 3 is 2.75 bits per heavy atom. The van der Waals surface area contributed by atoms with Crippen LogP contribution in [-0.2, 0) is 9.63 Å². The number of benzene rings is 1. The molecule has 0 bridgehead atoms. The molecule has 0 unspecified atom stereocenters. The van der Waals surface area contributed by atoms with Crippen LogP contribution in [0.3, 0.4) is 0 Å². The SMILES string of the molecule is CC(=O)ON=C(C)c1cc2ccccc2o1. The summed E-state index contributed by atoms with van der Waals surface area (Å²) in [5.74, 6) is 0.151. The molecule has 0 aliphatic carbocycles. The average Bonchev–Trinajstić information content (AvgIpc) is 2.69. The van der Waals surface area contributed by atoms with Crippen LogP contribution in [0.15, 0.2) is 39.9 Å². The number of nitrogens with zero attached hydrogens (tertiary/aromatic N) is 1. The molecule has 0 aliphatic rings. The van der Waals surface area contributed by atoms with Crippen molar-refractivity contribution in [2.24, 2.45) is 5.16 Å². The van der Waals surface area contributed by atoms with E-state index < -0.39 is 5.97 Å². The summed E-state index contributed by atoms with van der Waals surface area (Å²) >= 11 is 0.